The average molecular weight is 355 g/mol. The standard InChI is InChI=1S/C17H34O2Si3/c1-8-12-20(13-9-2)16-22(14-10-3,15-11-4)17-21(7,18-5)19-6/h8-11,20H,1-4,12-17H2,5-7H3. The number of hydrogen-bond acceptors (Lipinski definition) is 2. The molecule has 0 radical (unpaired) electrons. The van der Waals surface area contributed by atoms with E-state index in [-0.39, 0.29) is 0 Å². The van der Waals surface area contributed by atoms with Gasteiger partial charge in [0.25, 0.3) is 0 Å². The van der Waals surface area contributed by atoms with Gasteiger partial charge in [0.15, 0.2) is 0 Å². The highest BCUT2D eigenvalue weighted by molar-refractivity contribution is 6.98. The van der Waals surface area contributed by atoms with Crippen molar-refractivity contribution in [2.45, 2.75) is 42.1 Å². The fourth-order valence-corrected chi connectivity index (χ4v) is 23.2. The zero-order chi connectivity index (χ0) is 17.1. The largest absolute Gasteiger partial charge is 0.398 e. The summed E-state index contributed by atoms with van der Waals surface area (Å²) in [5, 5.41) is 0. The Balaban J connectivity index is 5.43. The van der Waals surface area contributed by atoms with Crippen LogP contribution in [0.3, 0.4) is 0 Å². The summed E-state index contributed by atoms with van der Waals surface area (Å²) >= 11 is 0. The summed E-state index contributed by atoms with van der Waals surface area (Å²) in [4.78, 5) is 0. The topological polar surface area (TPSA) is 18.5 Å². The fourth-order valence-electron chi connectivity index (χ4n) is 3.33. The highest BCUT2D eigenvalue weighted by atomic mass is 28.4. The second-order valence-electron chi connectivity index (χ2n) is 6.32. The Morgan fingerprint density at radius 3 is 1.64 bits per heavy atom. The maximum atomic E-state index is 5.79. The first-order chi connectivity index (χ1) is 10.4. The van der Waals surface area contributed by atoms with Gasteiger partial charge in [-0.15, -0.1) is 26.3 Å². The van der Waals surface area contributed by atoms with Gasteiger partial charge in [-0.3, -0.25) is 0 Å². The monoisotopic (exact) mass is 354 g/mol. The fraction of sp³-hybridized carbons (Fsp3) is 0.529. The summed E-state index contributed by atoms with van der Waals surface area (Å²) in [7, 11) is -0.963. The van der Waals surface area contributed by atoms with Gasteiger partial charge in [-0.05, 0) is 36.4 Å². The summed E-state index contributed by atoms with van der Waals surface area (Å²) in [6.45, 7) is 18.1. The lowest BCUT2D eigenvalue weighted by molar-refractivity contribution is 0.254. The van der Waals surface area contributed by atoms with E-state index in [2.05, 4.69) is 57.2 Å². The van der Waals surface area contributed by atoms with Crippen molar-refractivity contribution in [1.82, 2.24) is 0 Å². The van der Waals surface area contributed by atoms with E-state index in [0.717, 1.165) is 17.8 Å². The third-order valence-electron chi connectivity index (χ3n) is 4.44. The van der Waals surface area contributed by atoms with Crippen LogP contribution in [-0.2, 0) is 8.85 Å². The Hall–Kier alpha value is -0.469. The summed E-state index contributed by atoms with van der Waals surface area (Å²) in [5.41, 5.74) is 2.47. The lowest BCUT2D eigenvalue weighted by Gasteiger charge is -2.38. The molecule has 0 fully saturated rings. The molecule has 5 heteroatoms. The molecule has 0 heterocycles. The van der Waals surface area contributed by atoms with E-state index in [1.54, 1.807) is 14.2 Å². The maximum absolute atomic E-state index is 5.79. The van der Waals surface area contributed by atoms with Crippen LogP contribution in [0.2, 0.25) is 42.1 Å². The van der Waals surface area contributed by atoms with Crippen molar-refractivity contribution in [2.75, 3.05) is 14.2 Å². The second kappa shape index (κ2) is 11.1. The molecule has 0 aliphatic carbocycles. The van der Waals surface area contributed by atoms with Crippen molar-refractivity contribution in [2.24, 2.45) is 0 Å². The molecule has 126 valence electrons. The van der Waals surface area contributed by atoms with E-state index in [0.29, 0.717) is 0 Å². The lowest BCUT2D eigenvalue weighted by atomic mass is 10.7. The molecule has 0 N–H and O–H groups in total. The van der Waals surface area contributed by atoms with Crippen molar-refractivity contribution in [3.05, 3.63) is 50.6 Å². The first-order valence-corrected chi connectivity index (χ1v) is 15.8. The molecular weight excluding hydrogens is 320 g/mol. The Kier molecular flexibility index (Phi) is 10.9. The summed E-state index contributed by atoms with van der Waals surface area (Å²) in [6, 6.07) is 4.58. The highest BCUT2D eigenvalue weighted by Crippen LogP contribution is 2.34. The van der Waals surface area contributed by atoms with Crippen LogP contribution in [0.5, 0.6) is 0 Å². The van der Waals surface area contributed by atoms with Crippen LogP contribution < -0.4 is 0 Å². The number of allylic oxidation sites excluding steroid dienone is 4. The molecule has 0 bridgehead atoms. The Morgan fingerprint density at radius 1 is 0.864 bits per heavy atom. The number of hydrogen-bond donors (Lipinski definition) is 0. The van der Waals surface area contributed by atoms with Crippen molar-refractivity contribution in [3.8, 4) is 0 Å². The van der Waals surface area contributed by atoms with E-state index in [9.17, 15) is 0 Å². The van der Waals surface area contributed by atoms with Crippen LogP contribution in [-0.4, -0.2) is 39.7 Å². The Labute approximate surface area is 141 Å². The number of rotatable bonds is 14. The van der Waals surface area contributed by atoms with Crippen LogP contribution >= 0.6 is 0 Å². The molecule has 0 aliphatic rings. The van der Waals surface area contributed by atoms with Crippen LogP contribution in [0, 0.1) is 0 Å². The molecule has 0 unspecified atom stereocenters. The van der Waals surface area contributed by atoms with Gasteiger partial charge in [-0.1, -0.05) is 30.0 Å². The zero-order valence-corrected chi connectivity index (χ0v) is 17.9. The van der Waals surface area contributed by atoms with E-state index in [1.165, 1.54) is 17.8 Å². The smallest absolute Gasteiger partial charge is 0.331 e. The first-order valence-electron chi connectivity index (χ1n) is 7.98. The van der Waals surface area contributed by atoms with E-state index in [1.807, 2.05) is 0 Å². The van der Waals surface area contributed by atoms with Crippen LogP contribution in [0.25, 0.3) is 0 Å². The average Bonchev–Trinajstić information content (AvgIpc) is 2.48. The van der Waals surface area contributed by atoms with Gasteiger partial charge >= 0.3 is 8.56 Å². The normalized spacial score (nSPS) is 12.2. The van der Waals surface area contributed by atoms with Crippen molar-refractivity contribution in [1.29, 1.82) is 0 Å². The summed E-state index contributed by atoms with van der Waals surface area (Å²) in [6.07, 6.45) is 8.38. The minimum absolute atomic E-state index is 0.892. The van der Waals surface area contributed by atoms with Gasteiger partial charge in [0.05, 0.1) is 8.07 Å². The minimum atomic E-state index is -2.08. The Morgan fingerprint density at radius 2 is 1.32 bits per heavy atom. The second-order valence-corrected chi connectivity index (χ2v) is 18.9. The molecule has 2 nitrogen and oxygen atoms in total. The molecule has 0 saturated heterocycles. The van der Waals surface area contributed by atoms with Crippen molar-refractivity contribution in [3.63, 3.8) is 0 Å². The molecule has 0 aromatic rings. The van der Waals surface area contributed by atoms with Crippen molar-refractivity contribution >= 4 is 25.4 Å². The Bertz CT molecular complexity index is 345. The van der Waals surface area contributed by atoms with Crippen LogP contribution in [0.4, 0.5) is 0 Å². The van der Waals surface area contributed by atoms with Crippen LogP contribution in [0.1, 0.15) is 0 Å². The molecule has 0 amide bonds. The molecule has 22 heavy (non-hydrogen) atoms. The third-order valence-corrected chi connectivity index (χ3v) is 21.8. The van der Waals surface area contributed by atoms with Gasteiger partial charge in [0.1, 0.15) is 0 Å². The predicted octanol–water partition coefficient (Wildman–Crippen LogP) is 4.85. The van der Waals surface area contributed by atoms with Crippen molar-refractivity contribution < 1.29 is 8.85 Å². The maximum Gasteiger partial charge on any atom is 0.331 e. The van der Waals surface area contributed by atoms with E-state index >= 15 is 0 Å². The SMILES string of the molecule is C=CC[SiH](CC=C)C[Si](CC=C)(CC=C)C[Si](C)(OC)OC. The highest BCUT2D eigenvalue weighted by Gasteiger charge is 2.43. The third kappa shape index (κ3) is 7.19. The molecule has 0 saturated carbocycles. The molecule has 0 aromatic carbocycles. The van der Waals surface area contributed by atoms with Gasteiger partial charge in [-0.25, -0.2) is 0 Å². The first kappa shape index (κ1) is 21.5. The molecule has 0 rings (SSSR count). The summed E-state index contributed by atoms with van der Waals surface area (Å²) in [5.74, 6) is 0. The molecule has 0 aliphatic heterocycles. The predicted molar refractivity (Wildman–Crippen MR) is 108 cm³/mol. The van der Waals surface area contributed by atoms with Gasteiger partial charge < -0.3 is 8.85 Å². The molecule has 0 spiro atoms. The van der Waals surface area contributed by atoms with E-state index < -0.39 is 25.4 Å². The van der Waals surface area contributed by atoms with E-state index in [4.69, 9.17) is 8.85 Å². The quantitative estimate of drug-likeness (QED) is 0.328. The van der Waals surface area contributed by atoms with Gasteiger partial charge in [-0.2, -0.15) is 0 Å². The lowest BCUT2D eigenvalue weighted by Crippen LogP contribution is -2.50. The van der Waals surface area contributed by atoms with Crippen LogP contribution in [0.15, 0.2) is 50.6 Å². The molecule has 0 atom stereocenters. The molecular formula is C17H34O2Si3. The zero-order valence-electron chi connectivity index (χ0n) is 14.8. The minimum Gasteiger partial charge on any atom is -0.398 e. The van der Waals surface area contributed by atoms with Gasteiger partial charge in [0.2, 0.25) is 0 Å². The van der Waals surface area contributed by atoms with Gasteiger partial charge in [0, 0.05) is 23.0 Å². The summed E-state index contributed by atoms with van der Waals surface area (Å²) < 4.78 is 11.6. The molecule has 0 aromatic heterocycles.